The Hall–Kier alpha value is -2.57. The Kier molecular flexibility index (Phi) is 5.15. The molecule has 1 fully saturated rings. The van der Waals surface area contributed by atoms with E-state index in [9.17, 15) is 4.79 Å². The molecule has 5 N–H and O–H groups in total. The van der Waals surface area contributed by atoms with Gasteiger partial charge in [-0.05, 0) is 55.9 Å². The minimum Gasteiger partial charge on any atom is -0.369 e. The van der Waals surface area contributed by atoms with Crippen LogP contribution in [0.25, 0.3) is 0 Å². The van der Waals surface area contributed by atoms with Gasteiger partial charge in [0.25, 0.3) is 0 Å². The maximum Gasteiger partial charge on any atom is 0.224 e. The van der Waals surface area contributed by atoms with Crippen LogP contribution >= 0.6 is 0 Å². The van der Waals surface area contributed by atoms with Crippen LogP contribution in [0.5, 0.6) is 0 Å². The van der Waals surface area contributed by atoms with E-state index in [2.05, 4.69) is 15.3 Å². The summed E-state index contributed by atoms with van der Waals surface area (Å²) in [6.45, 7) is 4.05. The van der Waals surface area contributed by atoms with Crippen LogP contribution in [0.3, 0.4) is 0 Å². The van der Waals surface area contributed by atoms with Crippen LogP contribution in [-0.2, 0) is 4.79 Å². The van der Waals surface area contributed by atoms with Crippen LogP contribution in [0.15, 0.2) is 34.3 Å². The number of carbonyl (C=O) groups excluding carboxylic acids is 1. The third-order valence-corrected chi connectivity index (χ3v) is 4.85. The van der Waals surface area contributed by atoms with E-state index >= 15 is 0 Å². The largest absolute Gasteiger partial charge is 0.369 e. The molecule has 1 spiro atoms. The highest BCUT2D eigenvalue weighted by Crippen LogP contribution is 2.39. The number of nitrogens with zero attached hydrogens (tertiary/aromatic N) is 3. The monoisotopic (exact) mass is 356 g/mol. The number of carbonyl (C=O) groups is 1. The predicted molar refractivity (Wildman–Crippen MR) is 106 cm³/mol. The lowest BCUT2D eigenvalue weighted by molar-refractivity contribution is -0.116. The van der Waals surface area contributed by atoms with E-state index in [0.717, 1.165) is 37.1 Å². The molecule has 0 aromatic heterocycles. The number of nitrogens with two attached hydrogens (primary N) is 2. The van der Waals surface area contributed by atoms with Crippen molar-refractivity contribution in [2.24, 2.45) is 27.4 Å². The molecule has 0 unspecified atom stereocenters. The first-order valence-electron chi connectivity index (χ1n) is 9.29. The van der Waals surface area contributed by atoms with Gasteiger partial charge in [-0.15, -0.1) is 0 Å². The topological polar surface area (TPSA) is 109 Å². The summed E-state index contributed by atoms with van der Waals surface area (Å²) in [4.78, 5) is 22.8. The average molecular weight is 356 g/mol. The summed E-state index contributed by atoms with van der Waals surface area (Å²) in [5.74, 6) is 0.968. The lowest BCUT2D eigenvalue weighted by Crippen LogP contribution is -2.58. The molecule has 0 radical (unpaired) electrons. The van der Waals surface area contributed by atoms with E-state index in [1.54, 1.807) is 0 Å². The number of anilines is 2. The van der Waals surface area contributed by atoms with Gasteiger partial charge in [0.1, 0.15) is 5.66 Å². The zero-order chi connectivity index (χ0) is 18.7. The molecule has 1 heterocycles. The Labute approximate surface area is 154 Å². The lowest BCUT2D eigenvalue weighted by atomic mass is 9.87. The van der Waals surface area contributed by atoms with Crippen molar-refractivity contribution >= 4 is 29.2 Å². The highest BCUT2D eigenvalue weighted by atomic mass is 16.1. The zero-order valence-electron chi connectivity index (χ0n) is 15.5. The summed E-state index contributed by atoms with van der Waals surface area (Å²) in [7, 11) is 0. The van der Waals surface area contributed by atoms with Gasteiger partial charge in [-0.2, -0.15) is 4.99 Å². The smallest absolute Gasteiger partial charge is 0.224 e. The molecular weight excluding hydrogens is 328 g/mol. The number of guanidine groups is 2. The standard InChI is InChI=1S/C19H28N6O/c1-13(2)12-16(26)22-14-6-8-15(9-7-14)25-18(21)23-17(20)24-19(25)10-4-3-5-11-19/h6-9,13H,3-5,10-12H2,1-2H3,(H,22,26)(H4,20,21,23,24). The molecule has 1 saturated carbocycles. The number of hydrogen-bond acceptors (Lipinski definition) is 6. The molecular formula is C19H28N6O. The van der Waals surface area contributed by atoms with Gasteiger partial charge in [0.15, 0.2) is 0 Å². The van der Waals surface area contributed by atoms with Gasteiger partial charge in [-0.3, -0.25) is 9.69 Å². The molecule has 0 saturated heterocycles. The zero-order valence-corrected chi connectivity index (χ0v) is 15.5. The average Bonchev–Trinajstić information content (AvgIpc) is 2.55. The van der Waals surface area contributed by atoms with Gasteiger partial charge in [0.2, 0.25) is 17.8 Å². The number of hydrogen-bond donors (Lipinski definition) is 3. The van der Waals surface area contributed by atoms with Crippen LogP contribution in [0, 0.1) is 5.92 Å². The molecule has 1 amide bonds. The number of aliphatic imine (C=N–C) groups is 2. The second-order valence-electron chi connectivity index (χ2n) is 7.51. The predicted octanol–water partition coefficient (Wildman–Crippen LogP) is 2.78. The van der Waals surface area contributed by atoms with Crippen molar-refractivity contribution in [1.29, 1.82) is 0 Å². The van der Waals surface area contributed by atoms with Crippen LogP contribution < -0.4 is 21.7 Å². The maximum atomic E-state index is 11.9. The summed E-state index contributed by atoms with van der Waals surface area (Å²) in [5.41, 5.74) is 13.4. The molecule has 2 aliphatic rings. The maximum absolute atomic E-state index is 11.9. The Morgan fingerprint density at radius 2 is 1.85 bits per heavy atom. The van der Waals surface area contributed by atoms with Crippen molar-refractivity contribution in [2.45, 2.75) is 58.0 Å². The van der Waals surface area contributed by atoms with E-state index < -0.39 is 5.66 Å². The van der Waals surface area contributed by atoms with E-state index in [0.29, 0.717) is 18.3 Å². The highest BCUT2D eigenvalue weighted by Gasteiger charge is 2.42. The van der Waals surface area contributed by atoms with Crippen molar-refractivity contribution in [2.75, 3.05) is 10.2 Å². The summed E-state index contributed by atoms with van der Waals surface area (Å²) >= 11 is 0. The van der Waals surface area contributed by atoms with Crippen molar-refractivity contribution in [3.8, 4) is 0 Å². The molecule has 7 heteroatoms. The Balaban J connectivity index is 1.82. The normalized spacial score (nSPS) is 19.3. The fourth-order valence-corrected chi connectivity index (χ4v) is 3.77. The summed E-state index contributed by atoms with van der Waals surface area (Å²) in [6.07, 6.45) is 5.68. The molecule has 26 heavy (non-hydrogen) atoms. The second-order valence-corrected chi connectivity index (χ2v) is 7.51. The quantitative estimate of drug-likeness (QED) is 0.770. The minimum absolute atomic E-state index is 0.0212. The Bertz CT molecular complexity index is 716. The molecule has 7 nitrogen and oxygen atoms in total. The molecule has 1 aromatic carbocycles. The van der Waals surface area contributed by atoms with Crippen LogP contribution in [0.2, 0.25) is 0 Å². The summed E-state index contributed by atoms with van der Waals surface area (Å²) < 4.78 is 0. The third kappa shape index (κ3) is 3.81. The summed E-state index contributed by atoms with van der Waals surface area (Å²) in [5, 5.41) is 2.93. The van der Waals surface area contributed by atoms with E-state index in [4.69, 9.17) is 11.5 Å². The van der Waals surface area contributed by atoms with Gasteiger partial charge in [0, 0.05) is 17.8 Å². The van der Waals surface area contributed by atoms with Crippen molar-refractivity contribution in [1.82, 2.24) is 0 Å². The molecule has 1 aromatic rings. The van der Waals surface area contributed by atoms with Crippen molar-refractivity contribution in [3.63, 3.8) is 0 Å². The third-order valence-electron chi connectivity index (χ3n) is 4.85. The van der Waals surface area contributed by atoms with Gasteiger partial charge in [-0.1, -0.05) is 20.3 Å². The van der Waals surface area contributed by atoms with Gasteiger partial charge in [-0.25, -0.2) is 4.99 Å². The number of rotatable bonds is 4. The van der Waals surface area contributed by atoms with E-state index in [-0.39, 0.29) is 11.9 Å². The highest BCUT2D eigenvalue weighted by molar-refractivity contribution is 6.05. The Morgan fingerprint density at radius 3 is 2.46 bits per heavy atom. The van der Waals surface area contributed by atoms with Crippen LogP contribution in [0.4, 0.5) is 11.4 Å². The first-order chi connectivity index (χ1) is 12.4. The minimum atomic E-state index is -0.448. The fraction of sp³-hybridized carbons (Fsp3) is 0.526. The number of benzene rings is 1. The first-order valence-corrected chi connectivity index (χ1v) is 9.29. The van der Waals surface area contributed by atoms with Gasteiger partial charge < -0.3 is 16.8 Å². The van der Waals surface area contributed by atoms with Crippen LogP contribution in [0.1, 0.15) is 52.4 Å². The van der Waals surface area contributed by atoms with Crippen molar-refractivity contribution < 1.29 is 4.79 Å². The second kappa shape index (κ2) is 7.35. The number of nitrogens with one attached hydrogen (secondary N) is 1. The van der Waals surface area contributed by atoms with Gasteiger partial charge in [0.05, 0.1) is 0 Å². The van der Waals surface area contributed by atoms with Gasteiger partial charge >= 0.3 is 0 Å². The Morgan fingerprint density at radius 1 is 1.19 bits per heavy atom. The molecule has 1 aliphatic heterocycles. The lowest BCUT2D eigenvalue weighted by Gasteiger charge is -2.45. The molecule has 3 rings (SSSR count). The molecule has 140 valence electrons. The van der Waals surface area contributed by atoms with Crippen molar-refractivity contribution in [3.05, 3.63) is 24.3 Å². The van der Waals surface area contributed by atoms with Crippen LogP contribution in [-0.4, -0.2) is 23.5 Å². The fourth-order valence-electron chi connectivity index (χ4n) is 3.77. The van der Waals surface area contributed by atoms with E-state index in [1.807, 2.05) is 43.0 Å². The summed E-state index contributed by atoms with van der Waals surface area (Å²) in [6, 6.07) is 7.67. The molecule has 0 bridgehead atoms. The molecule has 0 atom stereocenters. The first kappa shape index (κ1) is 18.2. The SMILES string of the molecule is CC(C)CC(=O)Nc1ccc(N2C(N)=NC(N)=NC23CCCCC3)cc1. The molecule has 1 aliphatic carbocycles. The van der Waals surface area contributed by atoms with E-state index in [1.165, 1.54) is 6.42 Å². The number of amides is 1.